The van der Waals surface area contributed by atoms with Crippen LogP contribution in [0, 0.1) is 0 Å². The lowest BCUT2D eigenvalue weighted by molar-refractivity contribution is 0.0757. The standard InChI is InChI=1S/3C2H4ClO.Al/c3*1-2(3)4;/h3*2H,1H3;/q3*-1;+3. The number of hydrogen-bond donors (Lipinski definition) is 0. The van der Waals surface area contributed by atoms with Crippen molar-refractivity contribution in [3.05, 3.63) is 0 Å². The maximum atomic E-state index is 5.61. The summed E-state index contributed by atoms with van der Waals surface area (Å²) in [5.41, 5.74) is -1.41. The lowest BCUT2D eigenvalue weighted by Crippen LogP contribution is -2.33. The van der Waals surface area contributed by atoms with Crippen LogP contribution in [0.5, 0.6) is 0 Å². The van der Waals surface area contributed by atoms with Gasteiger partial charge >= 0.3 is 15.1 Å². The average Bonchev–Trinajstić information content (AvgIpc) is 1.80. The molecule has 13 heavy (non-hydrogen) atoms. The van der Waals surface area contributed by atoms with Gasteiger partial charge in [0.2, 0.25) is 0 Å². The summed E-state index contributed by atoms with van der Waals surface area (Å²) >= 11 is 14.5. The molecule has 0 aromatic rings. The third-order valence-corrected chi connectivity index (χ3v) is 3.61. The quantitative estimate of drug-likeness (QED) is 0.546. The highest BCUT2D eigenvalue weighted by Gasteiger charge is 2.35. The molecule has 7 heteroatoms. The summed E-state index contributed by atoms with van der Waals surface area (Å²) < 4.78 is 15.5. The highest BCUT2D eigenvalue weighted by Crippen LogP contribution is 2.10. The molecule has 0 saturated heterocycles. The van der Waals surface area contributed by atoms with Crippen molar-refractivity contribution in [3.8, 4) is 0 Å². The fraction of sp³-hybridized carbons (Fsp3) is 1.00. The molecule has 0 saturated carbocycles. The molecule has 0 aromatic heterocycles. The van der Waals surface area contributed by atoms with Crippen molar-refractivity contribution in [2.75, 3.05) is 0 Å². The van der Waals surface area contributed by atoms with Gasteiger partial charge in [-0.1, -0.05) is 34.8 Å². The van der Waals surface area contributed by atoms with E-state index in [4.69, 9.17) is 46.2 Å². The fourth-order valence-electron chi connectivity index (χ4n) is 0.556. The first kappa shape index (κ1) is 14.3. The van der Waals surface area contributed by atoms with Crippen molar-refractivity contribution in [2.45, 2.75) is 37.5 Å². The van der Waals surface area contributed by atoms with E-state index in [1.54, 1.807) is 20.8 Å². The molecule has 0 aliphatic rings. The maximum Gasteiger partial charge on any atom is 0.908 e. The molecule has 0 N–H and O–H groups in total. The van der Waals surface area contributed by atoms with Crippen LogP contribution in [0.4, 0.5) is 0 Å². The zero-order chi connectivity index (χ0) is 10.4. The van der Waals surface area contributed by atoms with Crippen LogP contribution >= 0.6 is 34.8 Å². The van der Waals surface area contributed by atoms with Gasteiger partial charge in [-0.15, -0.1) is 0 Å². The zero-order valence-corrected chi connectivity index (χ0v) is 11.1. The Labute approximate surface area is 98.6 Å². The van der Waals surface area contributed by atoms with E-state index < -0.39 is 31.8 Å². The Hall–Kier alpha value is 1.28. The lowest BCUT2D eigenvalue weighted by Gasteiger charge is -2.17. The van der Waals surface area contributed by atoms with Gasteiger partial charge in [-0.25, -0.2) is 0 Å². The van der Waals surface area contributed by atoms with Gasteiger partial charge in [0, 0.05) is 0 Å². The topological polar surface area (TPSA) is 27.7 Å². The van der Waals surface area contributed by atoms with Crippen molar-refractivity contribution in [2.24, 2.45) is 0 Å². The molecule has 3 nitrogen and oxygen atoms in total. The van der Waals surface area contributed by atoms with Crippen LogP contribution < -0.4 is 0 Å². The van der Waals surface area contributed by atoms with Gasteiger partial charge in [0.15, 0.2) is 0 Å². The van der Waals surface area contributed by atoms with Crippen LogP contribution in [0.3, 0.4) is 0 Å². The first-order chi connectivity index (χ1) is 5.91. The van der Waals surface area contributed by atoms with E-state index in [9.17, 15) is 0 Å². The van der Waals surface area contributed by atoms with E-state index in [2.05, 4.69) is 0 Å². The Morgan fingerprint density at radius 3 is 1.15 bits per heavy atom. The molecule has 0 aromatic carbocycles. The molecular weight excluding hydrogens is 253 g/mol. The van der Waals surface area contributed by atoms with Gasteiger partial charge in [0.25, 0.3) is 0 Å². The van der Waals surface area contributed by atoms with Crippen LogP contribution in [0.1, 0.15) is 20.8 Å². The number of alkyl halides is 3. The van der Waals surface area contributed by atoms with E-state index in [0.717, 1.165) is 0 Å². The largest absolute Gasteiger partial charge is 0.908 e. The first-order valence-electron chi connectivity index (χ1n) is 3.80. The average molecular weight is 266 g/mol. The molecule has 0 heterocycles. The maximum absolute atomic E-state index is 5.61. The van der Waals surface area contributed by atoms with Crippen molar-refractivity contribution >= 4 is 50.0 Å². The highest BCUT2D eigenvalue weighted by atomic mass is 35.5. The predicted molar refractivity (Wildman–Crippen MR) is 55.0 cm³/mol. The SMILES string of the molecule is CC(Cl)[O][Al]([O]C(C)Cl)[O]C(C)Cl. The Balaban J connectivity index is 3.87. The Bertz CT molecular complexity index is 111. The zero-order valence-electron chi connectivity index (χ0n) is 7.67. The van der Waals surface area contributed by atoms with Crippen LogP contribution in [0.25, 0.3) is 0 Å². The molecule has 0 fully saturated rings. The number of halogens is 3. The smallest absolute Gasteiger partial charge is 0.440 e. The normalized spacial score (nSPS) is 18.0. The number of rotatable bonds is 6. The van der Waals surface area contributed by atoms with Crippen LogP contribution in [-0.2, 0) is 11.4 Å². The summed E-state index contributed by atoms with van der Waals surface area (Å²) in [6, 6.07) is 0. The summed E-state index contributed by atoms with van der Waals surface area (Å²) in [5, 5.41) is 0. The van der Waals surface area contributed by atoms with Crippen molar-refractivity contribution in [3.63, 3.8) is 0 Å². The summed E-state index contributed by atoms with van der Waals surface area (Å²) in [6.45, 7) is 5.02. The van der Waals surface area contributed by atoms with E-state index in [0.29, 0.717) is 0 Å². The lowest BCUT2D eigenvalue weighted by atomic mass is 10.9. The monoisotopic (exact) mass is 264 g/mol. The van der Waals surface area contributed by atoms with Gasteiger partial charge in [-0.05, 0) is 20.8 Å². The molecule has 0 radical (unpaired) electrons. The number of hydrogen-bond acceptors (Lipinski definition) is 3. The van der Waals surface area contributed by atoms with Crippen molar-refractivity contribution in [1.29, 1.82) is 0 Å². The van der Waals surface area contributed by atoms with Crippen LogP contribution in [-0.4, -0.2) is 31.8 Å². The molecular formula is C6H12AlCl3O3. The van der Waals surface area contributed by atoms with E-state index in [-0.39, 0.29) is 0 Å². The van der Waals surface area contributed by atoms with Crippen molar-refractivity contribution in [1.82, 2.24) is 0 Å². The second kappa shape index (κ2) is 7.56. The molecule has 0 spiro atoms. The Morgan fingerprint density at radius 2 is 1.00 bits per heavy atom. The van der Waals surface area contributed by atoms with Gasteiger partial charge in [-0.3, -0.25) is 0 Å². The minimum absolute atomic E-state index is 0.470. The molecule has 0 amide bonds. The second-order valence-electron chi connectivity index (χ2n) is 2.33. The molecule has 3 unspecified atom stereocenters. The predicted octanol–water partition coefficient (Wildman–Crippen LogP) is 2.78. The summed E-state index contributed by atoms with van der Waals surface area (Å²) in [4.78, 5) is 0. The highest BCUT2D eigenvalue weighted by molar-refractivity contribution is 6.40. The van der Waals surface area contributed by atoms with Gasteiger partial charge in [0.05, 0.1) is 0 Å². The summed E-state index contributed by atoms with van der Waals surface area (Å²) in [6.07, 6.45) is 0. The Morgan fingerprint density at radius 1 is 0.769 bits per heavy atom. The van der Waals surface area contributed by atoms with Crippen LogP contribution in [0.2, 0.25) is 0 Å². The van der Waals surface area contributed by atoms with Gasteiger partial charge in [-0.2, -0.15) is 0 Å². The minimum Gasteiger partial charge on any atom is -0.440 e. The molecule has 0 aliphatic heterocycles. The summed E-state index contributed by atoms with van der Waals surface area (Å²) in [7, 11) is 0. The summed E-state index contributed by atoms with van der Waals surface area (Å²) in [5.74, 6) is 0. The van der Waals surface area contributed by atoms with E-state index >= 15 is 0 Å². The third kappa shape index (κ3) is 9.58. The van der Waals surface area contributed by atoms with Crippen LogP contribution in [0.15, 0.2) is 0 Å². The molecule has 3 atom stereocenters. The third-order valence-electron chi connectivity index (χ3n) is 0.896. The minimum atomic E-state index is -2.30. The van der Waals surface area contributed by atoms with Crippen molar-refractivity contribution < 1.29 is 11.4 Å². The molecule has 78 valence electrons. The van der Waals surface area contributed by atoms with Gasteiger partial charge < -0.3 is 11.4 Å². The fourth-order valence-corrected chi connectivity index (χ4v) is 2.42. The first-order valence-corrected chi connectivity index (χ1v) is 6.52. The van der Waals surface area contributed by atoms with E-state index in [1.807, 2.05) is 0 Å². The molecule has 0 aliphatic carbocycles. The van der Waals surface area contributed by atoms with E-state index in [1.165, 1.54) is 0 Å². The molecule has 0 rings (SSSR count). The molecule has 0 bridgehead atoms. The Kier molecular flexibility index (Phi) is 8.30. The second-order valence-corrected chi connectivity index (χ2v) is 5.56. The van der Waals surface area contributed by atoms with Gasteiger partial charge in [0.1, 0.15) is 16.7 Å².